The maximum absolute atomic E-state index is 6.26. The van der Waals surface area contributed by atoms with Crippen LogP contribution in [0.15, 0.2) is 115 Å². The highest BCUT2D eigenvalue weighted by molar-refractivity contribution is 6.62. The summed E-state index contributed by atoms with van der Waals surface area (Å²) in [6.07, 6.45) is 0. The zero-order valence-corrected chi connectivity index (χ0v) is 22.8. The van der Waals surface area contributed by atoms with Crippen LogP contribution in [0.3, 0.4) is 0 Å². The Bertz CT molecular complexity index is 1530. The molecular formula is C34H31BN2O2. The molecule has 0 radical (unpaired) electrons. The lowest BCUT2D eigenvalue weighted by molar-refractivity contribution is 0.00578. The van der Waals surface area contributed by atoms with E-state index in [-0.39, 0.29) is 11.2 Å². The van der Waals surface area contributed by atoms with Crippen molar-refractivity contribution in [2.24, 2.45) is 0 Å². The highest BCUT2D eigenvalue weighted by Crippen LogP contribution is 2.37. The third kappa shape index (κ3) is 4.92. The molecule has 0 unspecified atom stereocenters. The summed E-state index contributed by atoms with van der Waals surface area (Å²) in [6.45, 7) is 8.30. The molecule has 1 aromatic heterocycles. The minimum atomic E-state index is -0.390. The van der Waals surface area contributed by atoms with E-state index in [1.54, 1.807) is 0 Å². The smallest absolute Gasteiger partial charge is 0.399 e. The second-order valence-corrected chi connectivity index (χ2v) is 10.9. The second-order valence-electron chi connectivity index (χ2n) is 10.9. The maximum Gasteiger partial charge on any atom is 0.494 e. The van der Waals surface area contributed by atoms with Crippen molar-refractivity contribution >= 4 is 12.6 Å². The second kappa shape index (κ2) is 9.92. The van der Waals surface area contributed by atoms with Gasteiger partial charge in [0.25, 0.3) is 0 Å². The quantitative estimate of drug-likeness (QED) is 0.231. The largest absolute Gasteiger partial charge is 0.494 e. The Labute approximate surface area is 230 Å². The minimum absolute atomic E-state index is 0.374. The number of aromatic nitrogens is 2. The van der Waals surface area contributed by atoms with E-state index in [1.807, 2.05) is 42.5 Å². The summed E-state index contributed by atoms with van der Waals surface area (Å²) in [6, 6.07) is 39.3. The Morgan fingerprint density at radius 3 is 1.49 bits per heavy atom. The van der Waals surface area contributed by atoms with Crippen LogP contribution in [0.25, 0.3) is 45.0 Å². The molecule has 4 aromatic carbocycles. The van der Waals surface area contributed by atoms with Crippen molar-refractivity contribution < 1.29 is 9.31 Å². The third-order valence-electron chi connectivity index (χ3n) is 7.78. The first-order chi connectivity index (χ1) is 18.8. The van der Waals surface area contributed by atoms with Gasteiger partial charge in [0.05, 0.1) is 22.6 Å². The van der Waals surface area contributed by atoms with E-state index in [1.165, 1.54) is 0 Å². The lowest BCUT2D eigenvalue weighted by Gasteiger charge is -2.32. The molecule has 192 valence electrons. The summed E-state index contributed by atoms with van der Waals surface area (Å²) in [5.74, 6) is 0.695. The fourth-order valence-electron chi connectivity index (χ4n) is 4.81. The number of benzene rings is 4. The monoisotopic (exact) mass is 510 g/mol. The maximum atomic E-state index is 6.26. The van der Waals surface area contributed by atoms with Crippen molar-refractivity contribution in [3.05, 3.63) is 115 Å². The lowest BCUT2D eigenvalue weighted by atomic mass is 9.78. The molecule has 4 nitrogen and oxygen atoms in total. The standard InChI is InChI=1S/C34H31BN2O2/c1-33(2)34(3,4)39-35(38-33)27-21-19-24(20-22-27)28-17-11-12-18-29(28)32-36-30(25-13-7-5-8-14-25)23-31(37-32)26-15-9-6-10-16-26/h5-23H,1-4H3. The number of hydrogen-bond acceptors (Lipinski definition) is 4. The van der Waals surface area contributed by atoms with Crippen LogP contribution in [0.1, 0.15) is 27.7 Å². The van der Waals surface area contributed by atoms with Crippen molar-refractivity contribution in [1.82, 2.24) is 9.97 Å². The molecule has 1 saturated heterocycles. The van der Waals surface area contributed by atoms with Crippen LogP contribution in [-0.4, -0.2) is 28.3 Å². The summed E-state index contributed by atoms with van der Waals surface area (Å²) >= 11 is 0. The van der Waals surface area contributed by atoms with Crippen molar-refractivity contribution in [3.63, 3.8) is 0 Å². The topological polar surface area (TPSA) is 44.2 Å². The van der Waals surface area contributed by atoms with Gasteiger partial charge in [0, 0.05) is 16.7 Å². The van der Waals surface area contributed by atoms with Gasteiger partial charge in [-0.15, -0.1) is 0 Å². The Morgan fingerprint density at radius 1 is 0.513 bits per heavy atom. The highest BCUT2D eigenvalue weighted by atomic mass is 16.7. The molecule has 6 rings (SSSR count). The van der Waals surface area contributed by atoms with Crippen molar-refractivity contribution in [1.29, 1.82) is 0 Å². The van der Waals surface area contributed by atoms with Gasteiger partial charge in [-0.1, -0.05) is 109 Å². The minimum Gasteiger partial charge on any atom is -0.399 e. The van der Waals surface area contributed by atoms with E-state index >= 15 is 0 Å². The Morgan fingerprint density at radius 2 is 0.974 bits per heavy atom. The molecule has 0 saturated carbocycles. The predicted octanol–water partition coefficient (Wildman–Crippen LogP) is 7.44. The molecule has 39 heavy (non-hydrogen) atoms. The van der Waals surface area contributed by atoms with E-state index in [9.17, 15) is 0 Å². The van der Waals surface area contributed by atoms with Crippen LogP contribution in [0.5, 0.6) is 0 Å². The first-order valence-corrected chi connectivity index (χ1v) is 13.4. The van der Waals surface area contributed by atoms with Crippen molar-refractivity contribution in [2.45, 2.75) is 38.9 Å². The molecule has 2 heterocycles. The van der Waals surface area contributed by atoms with Gasteiger partial charge in [-0.25, -0.2) is 9.97 Å². The van der Waals surface area contributed by atoms with Gasteiger partial charge in [-0.2, -0.15) is 0 Å². The Hall–Kier alpha value is -4.06. The van der Waals surface area contributed by atoms with E-state index in [4.69, 9.17) is 19.3 Å². The zero-order chi connectivity index (χ0) is 27.0. The average Bonchev–Trinajstić information content (AvgIpc) is 3.20. The van der Waals surface area contributed by atoms with E-state index < -0.39 is 7.12 Å². The number of rotatable bonds is 5. The Kier molecular flexibility index (Phi) is 6.42. The average molecular weight is 510 g/mol. The highest BCUT2D eigenvalue weighted by Gasteiger charge is 2.51. The summed E-state index contributed by atoms with van der Waals surface area (Å²) in [4.78, 5) is 10.1. The fraction of sp³-hybridized carbons (Fsp3) is 0.176. The third-order valence-corrected chi connectivity index (χ3v) is 7.78. The molecular weight excluding hydrogens is 479 g/mol. The Balaban J connectivity index is 1.41. The molecule has 1 fully saturated rings. The first-order valence-electron chi connectivity index (χ1n) is 13.4. The molecule has 0 bridgehead atoms. The van der Waals surface area contributed by atoms with Crippen LogP contribution in [0.4, 0.5) is 0 Å². The molecule has 5 heteroatoms. The zero-order valence-electron chi connectivity index (χ0n) is 22.8. The summed E-state index contributed by atoms with van der Waals surface area (Å²) in [5, 5.41) is 0. The SMILES string of the molecule is CC1(C)OB(c2ccc(-c3ccccc3-c3nc(-c4ccccc4)cc(-c4ccccc4)n3)cc2)OC1(C)C. The van der Waals surface area contributed by atoms with Gasteiger partial charge in [0.1, 0.15) is 0 Å². The summed E-state index contributed by atoms with van der Waals surface area (Å²) < 4.78 is 12.5. The molecule has 0 atom stereocenters. The summed E-state index contributed by atoms with van der Waals surface area (Å²) in [5.41, 5.74) is 7.30. The van der Waals surface area contributed by atoms with Crippen LogP contribution < -0.4 is 5.46 Å². The number of nitrogens with zero attached hydrogens (tertiary/aromatic N) is 2. The molecule has 1 aliphatic heterocycles. The van der Waals surface area contributed by atoms with Gasteiger partial charge >= 0.3 is 7.12 Å². The molecule has 0 amide bonds. The summed E-state index contributed by atoms with van der Waals surface area (Å²) in [7, 11) is -0.390. The van der Waals surface area contributed by atoms with Gasteiger partial charge < -0.3 is 9.31 Å². The molecule has 1 aliphatic rings. The lowest BCUT2D eigenvalue weighted by Crippen LogP contribution is -2.41. The van der Waals surface area contributed by atoms with Gasteiger partial charge in [0.15, 0.2) is 5.82 Å². The number of hydrogen-bond donors (Lipinski definition) is 0. The van der Waals surface area contributed by atoms with E-state index in [0.717, 1.165) is 44.7 Å². The molecule has 0 N–H and O–H groups in total. The van der Waals surface area contributed by atoms with Crippen LogP contribution >= 0.6 is 0 Å². The normalized spacial score (nSPS) is 15.8. The molecule has 0 spiro atoms. The van der Waals surface area contributed by atoms with E-state index in [2.05, 4.69) is 100 Å². The van der Waals surface area contributed by atoms with Crippen LogP contribution in [0.2, 0.25) is 0 Å². The van der Waals surface area contributed by atoms with Crippen LogP contribution in [-0.2, 0) is 9.31 Å². The fourth-order valence-corrected chi connectivity index (χ4v) is 4.81. The van der Waals surface area contributed by atoms with E-state index in [0.29, 0.717) is 5.82 Å². The van der Waals surface area contributed by atoms with Gasteiger partial charge in [-0.05, 0) is 50.4 Å². The van der Waals surface area contributed by atoms with Crippen molar-refractivity contribution in [3.8, 4) is 45.0 Å². The van der Waals surface area contributed by atoms with Gasteiger partial charge in [0.2, 0.25) is 0 Å². The first kappa shape index (κ1) is 25.2. The van der Waals surface area contributed by atoms with Crippen molar-refractivity contribution in [2.75, 3.05) is 0 Å². The molecule has 0 aliphatic carbocycles. The van der Waals surface area contributed by atoms with Crippen LogP contribution in [0, 0.1) is 0 Å². The van der Waals surface area contributed by atoms with Gasteiger partial charge in [-0.3, -0.25) is 0 Å². The molecule has 5 aromatic rings. The predicted molar refractivity (Wildman–Crippen MR) is 159 cm³/mol.